The molecule has 0 aromatic heterocycles. The summed E-state index contributed by atoms with van der Waals surface area (Å²) in [4.78, 5) is 13.3. The molecule has 0 fully saturated rings. The molecule has 0 aliphatic carbocycles. The van der Waals surface area contributed by atoms with Crippen LogP contribution in [-0.4, -0.2) is 11.6 Å². The lowest BCUT2D eigenvalue weighted by molar-refractivity contribution is -0.164. The summed E-state index contributed by atoms with van der Waals surface area (Å²) in [5, 5.41) is 11.6. The first-order valence-electron chi connectivity index (χ1n) is 10.2. The smallest absolute Gasteiger partial charge is 0.416 e. The van der Waals surface area contributed by atoms with E-state index in [0.29, 0.717) is 10.9 Å². The Bertz CT molecular complexity index is 1180. The van der Waals surface area contributed by atoms with Crippen molar-refractivity contribution in [2.24, 2.45) is 5.41 Å². The molecule has 2 unspecified atom stereocenters. The zero-order chi connectivity index (χ0) is 23.7. The van der Waals surface area contributed by atoms with Crippen LogP contribution in [0.25, 0.3) is 10.8 Å². The largest absolute Gasteiger partial charge is 0.459 e. The van der Waals surface area contributed by atoms with Crippen molar-refractivity contribution in [2.75, 3.05) is 0 Å². The maximum atomic E-state index is 14.0. The number of benzene rings is 3. The number of fused-ring (bicyclic) bond motifs is 1. The van der Waals surface area contributed by atoms with Gasteiger partial charge < -0.3 is 4.74 Å². The molecule has 3 aromatic rings. The predicted molar refractivity (Wildman–Crippen MR) is 117 cm³/mol. The molecule has 0 saturated carbocycles. The van der Waals surface area contributed by atoms with Crippen LogP contribution in [0.2, 0.25) is 0 Å². The van der Waals surface area contributed by atoms with Gasteiger partial charge in [-0.1, -0.05) is 60.7 Å². The molecule has 3 aromatic carbocycles. The summed E-state index contributed by atoms with van der Waals surface area (Å²) in [7, 11) is 0. The Morgan fingerprint density at radius 1 is 0.875 bits per heavy atom. The normalized spacial score (nSPS) is 14.9. The standard InChI is InChI=1S/C26H24F3NO2/c1-24(2,3)32-23(31)25(4,16-30)22(20-13-7-8-15-21(20)26(27,28)29)19-14-9-11-17-10-5-6-12-18(17)19/h5-15,22H,1-4H3. The van der Waals surface area contributed by atoms with Crippen LogP contribution in [0.1, 0.15) is 50.3 Å². The quantitative estimate of drug-likeness (QED) is 0.417. The number of alkyl halides is 3. The molecule has 166 valence electrons. The lowest BCUT2D eigenvalue weighted by atomic mass is 9.68. The maximum absolute atomic E-state index is 14.0. The number of ether oxygens (including phenoxy) is 1. The van der Waals surface area contributed by atoms with Crippen LogP contribution in [0.15, 0.2) is 66.7 Å². The van der Waals surface area contributed by atoms with Gasteiger partial charge in [0.05, 0.1) is 11.6 Å². The zero-order valence-corrected chi connectivity index (χ0v) is 18.3. The molecule has 2 atom stereocenters. The van der Waals surface area contributed by atoms with Gasteiger partial charge in [-0.05, 0) is 55.7 Å². The van der Waals surface area contributed by atoms with E-state index in [-0.39, 0.29) is 5.56 Å². The molecule has 32 heavy (non-hydrogen) atoms. The third-order valence-electron chi connectivity index (χ3n) is 5.34. The van der Waals surface area contributed by atoms with Crippen LogP contribution in [0.5, 0.6) is 0 Å². The van der Waals surface area contributed by atoms with Gasteiger partial charge in [0.2, 0.25) is 0 Å². The molecule has 0 aliphatic rings. The molecule has 0 spiro atoms. The third-order valence-corrected chi connectivity index (χ3v) is 5.34. The predicted octanol–water partition coefficient (Wildman–Crippen LogP) is 6.86. The number of nitriles is 1. The van der Waals surface area contributed by atoms with Crippen molar-refractivity contribution in [1.29, 1.82) is 5.26 Å². The van der Waals surface area contributed by atoms with E-state index in [9.17, 15) is 23.2 Å². The Morgan fingerprint density at radius 2 is 1.44 bits per heavy atom. The summed E-state index contributed by atoms with van der Waals surface area (Å²) in [6.07, 6.45) is -4.66. The number of carbonyl (C=O) groups excluding carboxylic acids is 1. The lowest BCUT2D eigenvalue weighted by Crippen LogP contribution is -2.40. The molecule has 0 bridgehead atoms. The summed E-state index contributed by atoms with van der Waals surface area (Å²) < 4.78 is 47.5. The Kier molecular flexibility index (Phi) is 6.06. The van der Waals surface area contributed by atoms with E-state index in [4.69, 9.17) is 4.74 Å². The molecule has 0 saturated heterocycles. The van der Waals surface area contributed by atoms with Crippen LogP contribution < -0.4 is 0 Å². The molecule has 6 heteroatoms. The zero-order valence-electron chi connectivity index (χ0n) is 18.3. The van der Waals surface area contributed by atoms with Gasteiger partial charge in [0.25, 0.3) is 0 Å². The fourth-order valence-electron chi connectivity index (χ4n) is 3.91. The minimum atomic E-state index is -4.66. The van der Waals surface area contributed by atoms with Crippen LogP contribution in [0.4, 0.5) is 13.2 Å². The highest BCUT2D eigenvalue weighted by molar-refractivity contribution is 5.89. The van der Waals surface area contributed by atoms with Crippen LogP contribution >= 0.6 is 0 Å². The molecular formula is C26H24F3NO2. The van der Waals surface area contributed by atoms with E-state index in [0.717, 1.165) is 11.5 Å². The van der Waals surface area contributed by atoms with Gasteiger partial charge in [0, 0.05) is 5.92 Å². The Hall–Kier alpha value is -3.33. The number of rotatable bonds is 4. The second-order valence-corrected chi connectivity index (χ2v) is 8.90. The average molecular weight is 439 g/mol. The molecule has 0 amide bonds. The minimum absolute atomic E-state index is 0.147. The van der Waals surface area contributed by atoms with Crippen molar-refractivity contribution >= 4 is 16.7 Å². The summed E-state index contributed by atoms with van der Waals surface area (Å²) in [6, 6.07) is 19.5. The average Bonchev–Trinajstić information content (AvgIpc) is 2.72. The van der Waals surface area contributed by atoms with E-state index in [1.54, 1.807) is 45.0 Å². The molecule has 0 N–H and O–H groups in total. The summed E-state index contributed by atoms with van der Waals surface area (Å²) in [6.45, 7) is 6.30. The molecule has 0 radical (unpaired) electrons. The third kappa shape index (κ3) is 4.47. The molecule has 0 aliphatic heterocycles. The van der Waals surface area contributed by atoms with Crippen molar-refractivity contribution in [3.8, 4) is 6.07 Å². The van der Waals surface area contributed by atoms with Crippen LogP contribution in [-0.2, 0) is 15.7 Å². The summed E-state index contributed by atoms with van der Waals surface area (Å²) >= 11 is 0. The highest BCUT2D eigenvalue weighted by Crippen LogP contribution is 2.48. The van der Waals surface area contributed by atoms with E-state index in [2.05, 4.69) is 0 Å². The Morgan fingerprint density at radius 3 is 2.06 bits per heavy atom. The monoisotopic (exact) mass is 439 g/mol. The first kappa shape index (κ1) is 23.3. The van der Waals surface area contributed by atoms with Crippen molar-refractivity contribution in [2.45, 2.75) is 45.4 Å². The van der Waals surface area contributed by atoms with E-state index in [1.165, 1.54) is 25.1 Å². The van der Waals surface area contributed by atoms with Crippen molar-refractivity contribution in [3.05, 3.63) is 83.4 Å². The first-order valence-corrected chi connectivity index (χ1v) is 10.2. The highest BCUT2D eigenvalue weighted by atomic mass is 19.4. The van der Waals surface area contributed by atoms with Gasteiger partial charge in [-0.3, -0.25) is 4.79 Å². The first-order chi connectivity index (χ1) is 14.9. The number of nitrogens with zero attached hydrogens (tertiary/aromatic N) is 1. The van der Waals surface area contributed by atoms with Gasteiger partial charge in [-0.25, -0.2) is 0 Å². The molecule has 0 heterocycles. The van der Waals surface area contributed by atoms with Gasteiger partial charge in [0.15, 0.2) is 5.41 Å². The fourth-order valence-corrected chi connectivity index (χ4v) is 3.91. The maximum Gasteiger partial charge on any atom is 0.416 e. The number of esters is 1. The summed E-state index contributed by atoms with van der Waals surface area (Å²) in [5.41, 5.74) is -3.41. The highest BCUT2D eigenvalue weighted by Gasteiger charge is 2.49. The molecular weight excluding hydrogens is 415 g/mol. The Labute approximate surface area is 185 Å². The minimum Gasteiger partial charge on any atom is -0.459 e. The topological polar surface area (TPSA) is 50.1 Å². The van der Waals surface area contributed by atoms with Gasteiger partial charge in [-0.2, -0.15) is 18.4 Å². The van der Waals surface area contributed by atoms with Crippen LogP contribution in [0, 0.1) is 16.7 Å². The van der Waals surface area contributed by atoms with Gasteiger partial charge in [0.1, 0.15) is 5.60 Å². The fraction of sp³-hybridized carbons (Fsp3) is 0.308. The van der Waals surface area contributed by atoms with Gasteiger partial charge in [-0.15, -0.1) is 0 Å². The van der Waals surface area contributed by atoms with Crippen molar-refractivity contribution < 1.29 is 22.7 Å². The number of halogens is 3. The SMILES string of the molecule is CC(C)(C)OC(=O)C(C)(C#N)C(c1ccccc1C(F)(F)F)c1cccc2ccccc12. The van der Waals surface area contributed by atoms with Crippen molar-refractivity contribution in [3.63, 3.8) is 0 Å². The van der Waals surface area contributed by atoms with Crippen LogP contribution in [0.3, 0.4) is 0 Å². The number of hydrogen-bond acceptors (Lipinski definition) is 3. The second-order valence-electron chi connectivity index (χ2n) is 8.90. The molecule has 3 rings (SSSR count). The lowest BCUT2D eigenvalue weighted by Gasteiger charge is -2.35. The number of carbonyl (C=O) groups is 1. The second kappa shape index (κ2) is 8.31. The van der Waals surface area contributed by atoms with Gasteiger partial charge >= 0.3 is 12.1 Å². The van der Waals surface area contributed by atoms with Crippen molar-refractivity contribution in [1.82, 2.24) is 0 Å². The Balaban J connectivity index is 2.38. The van der Waals surface area contributed by atoms with E-state index >= 15 is 0 Å². The summed E-state index contributed by atoms with van der Waals surface area (Å²) in [5.74, 6) is -2.09. The number of hydrogen-bond donors (Lipinski definition) is 0. The van der Waals surface area contributed by atoms with E-state index < -0.39 is 34.6 Å². The molecule has 3 nitrogen and oxygen atoms in total. The van der Waals surface area contributed by atoms with E-state index in [1.807, 2.05) is 24.3 Å².